The van der Waals surface area contributed by atoms with Crippen molar-refractivity contribution in [2.24, 2.45) is 0 Å². The van der Waals surface area contributed by atoms with E-state index in [-0.39, 0.29) is 12.0 Å². The molecule has 0 N–H and O–H groups in total. The number of methoxy groups -OCH3 is 1. The van der Waals surface area contributed by atoms with Crippen LogP contribution >= 0.6 is 0 Å². The van der Waals surface area contributed by atoms with Crippen LogP contribution in [0.4, 0.5) is 13.2 Å². The minimum atomic E-state index is -4.62. The van der Waals surface area contributed by atoms with Gasteiger partial charge in [0.05, 0.1) is 12.7 Å². The fraction of sp³-hybridized carbons (Fsp3) is 0.235. The van der Waals surface area contributed by atoms with E-state index in [4.69, 9.17) is 9.47 Å². The van der Waals surface area contributed by atoms with Gasteiger partial charge in [-0.3, -0.25) is 4.79 Å². The highest BCUT2D eigenvalue weighted by Gasteiger charge is 2.36. The minimum absolute atomic E-state index is 0.0196. The normalized spacial score (nSPS) is 11.2. The van der Waals surface area contributed by atoms with Crippen LogP contribution in [0.3, 0.4) is 0 Å². The molecule has 2 rings (SSSR count). The van der Waals surface area contributed by atoms with Gasteiger partial charge in [-0.15, -0.1) is 0 Å². The van der Waals surface area contributed by atoms with Crippen LogP contribution in [0, 0.1) is 0 Å². The van der Waals surface area contributed by atoms with Gasteiger partial charge in [0.2, 0.25) is 0 Å². The Morgan fingerprint density at radius 1 is 1.09 bits per heavy atom. The predicted octanol–water partition coefficient (Wildman–Crippen LogP) is 4.70. The Bertz CT molecular complexity index is 691. The maximum atomic E-state index is 13.2. The third-order valence-corrected chi connectivity index (χ3v) is 3.23. The number of hydrogen-bond acceptors (Lipinski definition) is 3. The van der Waals surface area contributed by atoms with Crippen molar-refractivity contribution >= 4 is 5.97 Å². The number of carbonyl (C=O) groups excluding carboxylic acids is 1. The Balaban J connectivity index is 2.59. The third-order valence-electron chi connectivity index (χ3n) is 3.23. The first kappa shape index (κ1) is 16.9. The fourth-order valence-corrected chi connectivity index (χ4v) is 2.05. The molecule has 0 unspecified atom stereocenters. The Hall–Kier alpha value is -2.50. The molecule has 2 aromatic carbocycles. The molecule has 23 heavy (non-hydrogen) atoms. The average molecular weight is 324 g/mol. The minimum Gasteiger partial charge on any atom is -0.497 e. The summed E-state index contributed by atoms with van der Waals surface area (Å²) in [6, 6.07) is 10.1. The number of ether oxygens (including phenoxy) is 2. The van der Waals surface area contributed by atoms with E-state index in [1.807, 2.05) is 0 Å². The molecule has 0 spiro atoms. The first-order chi connectivity index (χ1) is 10.9. The highest BCUT2D eigenvalue weighted by molar-refractivity contribution is 5.79. The summed E-state index contributed by atoms with van der Waals surface area (Å²) in [5.74, 6) is -0.624. The smallest absolute Gasteiger partial charge is 0.420 e. The van der Waals surface area contributed by atoms with Crippen molar-refractivity contribution in [3.05, 3.63) is 48.0 Å². The molecule has 0 aliphatic rings. The quantitative estimate of drug-likeness (QED) is 0.604. The van der Waals surface area contributed by atoms with Gasteiger partial charge >= 0.3 is 12.1 Å². The second-order valence-electron chi connectivity index (χ2n) is 4.74. The topological polar surface area (TPSA) is 35.5 Å². The van der Waals surface area contributed by atoms with Gasteiger partial charge < -0.3 is 9.47 Å². The van der Waals surface area contributed by atoms with Gasteiger partial charge in [0.25, 0.3) is 0 Å². The molecule has 122 valence electrons. The van der Waals surface area contributed by atoms with Gasteiger partial charge in [0, 0.05) is 12.0 Å². The van der Waals surface area contributed by atoms with E-state index in [0.29, 0.717) is 11.3 Å². The summed E-state index contributed by atoms with van der Waals surface area (Å²) >= 11 is 0. The first-order valence-corrected chi connectivity index (χ1v) is 6.92. The monoisotopic (exact) mass is 324 g/mol. The number of carbonyl (C=O) groups is 1. The zero-order valence-electron chi connectivity index (χ0n) is 12.6. The van der Waals surface area contributed by atoms with Gasteiger partial charge in [0.15, 0.2) is 5.75 Å². The van der Waals surface area contributed by atoms with Crippen LogP contribution in [-0.4, -0.2) is 13.1 Å². The van der Waals surface area contributed by atoms with Gasteiger partial charge in [-0.2, -0.15) is 13.2 Å². The number of rotatable bonds is 4. The summed E-state index contributed by atoms with van der Waals surface area (Å²) in [6.45, 7) is 1.52. The lowest BCUT2D eigenvalue weighted by molar-refractivity contribution is -0.142. The van der Waals surface area contributed by atoms with E-state index < -0.39 is 23.5 Å². The van der Waals surface area contributed by atoms with Gasteiger partial charge in [-0.25, -0.2) is 0 Å². The third kappa shape index (κ3) is 3.83. The second kappa shape index (κ2) is 6.73. The fourth-order valence-electron chi connectivity index (χ4n) is 2.05. The van der Waals surface area contributed by atoms with Crippen LogP contribution in [0.15, 0.2) is 42.5 Å². The maximum absolute atomic E-state index is 13.2. The van der Waals surface area contributed by atoms with Gasteiger partial charge in [-0.05, 0) is 23.8 Å². The summed E-state index contributed by atoms with van der Waals surface area (Å²) in [6.07, 6.45) is -4.64. The predicted molar refractivity (Wildman–Crippen MR) is 79.4 cm³/mol. The number of hydrogen-bond donors (Lipinski definition) is 0. The van der Waals surface area contributed by atoms with Crippen LogP contribution in [-0.2, 0) is 11.0 Å². The number of para-hydroxylation sites is 1. The molecule has 0 aliphatic carbocycles. The molecule has 0 aromatic heterocycles. The molecule has 0 fully saturated rings. The summed E-state index contributed by atoms with van der Waals surface area (Å²) in [5.41, 5.74) is -0.285. The maximum Gasteiger partial charge on any atom is 0.420 e. The summed E-state index contributed by atoms with van der Waals surface area (Å²) in [7, 11) is 1.49. The van der Waals surface area contributed by atoms with Crippen LogP contribution < -0.4 is 9.47 Å². The van der Waals surface area contributed by atoms with Crippen molar-refractivity contribution in [2.45, 2.75) is 19.5 Å². The van der Waals surface area contributed by atoms with Crippen LogP contribution in [0.1, 0.15) is 18.9 Å². The van der Waals surface area contributed by atoms with Crippen molar-refractivity contribution in [2.75, 3.05) is 7.11 Å². The number of benzene rings is 2. The zero-order chi connectivity index (χ0) is 17.0. The number of halogens is 3. The van der Waals surface area contributed by atoms with E-state index in [0.717, 1.165) is 6.07 Å². The van der Waals surface area contributed by atoms with Crippen molar-refractivity contribution in [3.63, 3.8) is 0 Å². The summed E-state index contributed by atoms with van der Waals surface area (Å²) < 4.78 is 49.6. The lowest BCUT2D eigenvalue weighted by Crippen LogP contribution is -2.13. The highest BCUT2D eigenvalue weighted by Crippen LogP contribution is 2.42. The Morgan fingerprint density at radius 2 is 1.74 bits per heavy atom. The summed E-state index contributed by atoms with van der Waals surface area (Å²) in [4.78, 5) is 11.5. The van der Waals surface area contributed by atoms with Crippen LogP contribution in [0.25, 0.3) is 11.1 Å². The summed E-state index contributed by atoms with van der Waals surface area (Å²) in [5, 5.41) is 0. The molecule has 3 nitrogen and oxygen atoms in total. The largest absolute Gasteiger partial charge is 0.497 e. The highest BCUT2D eigenvalue weighted by atomic mass is 19.4. The average Bonchev–Trinajstić information content (AvgIpc) is 2.54. The van der Waals surface area contributed by atoms with E-state index in [2.05, 4.69) is 0 Å². The van der Waals surface area contributed by atoms with E-state index in [1.54, 1.807) is 24.3 Å². The Kier molecular flexibility index (Phi) is 4.93. The molecule has 0 bridgehead atoms. The molecule has 2 aromatic rings. The Morgan fingerprint density at radius 3 is 2.26 bits per heavy atom. The molecule has 0 heterocycles. The molecule has 0 saturated carbocycles. The van der Waals surface area contributed by atoms with Crippen LogP contribution in [0.5, 0.6) is 11.5 Å². The van der Waals surface area contributed by atoms with Crippen molar-refractivity contribution in [1.29, 1.82) is 0 Å². The molecule has 6 heteroatoms. The van der Waals surface area contributed by atoms with E-state index >= 15 is 0 Å². The van der Waals surface area contributed by atoms with E-state index in [1.165, 1.54) is 26.2 Å². The number of alkyl halides is 3. The van der Waals surface area contributed by atoms with Gasteiger partial charge in [0.1, 0.15) is 5.75 Å². The van der Waals surface area contributed by atoms with Gasteiger partial charge in [-0.1, -0.05) is 31.2 Å². The van der Waals surface area contributed by atoms with Crippen molar-refractivity contribution in [1.82, 2.24) is 0 Å². The zero-order valence-corrected chi connectivity index (χ0v) is 12.6. The first-order valence-electron chi connectivity index (χ1n) is 6.92. The molecular weight excluding hydrogens is 309 g/mol. The lowest BCUT2D eigenvalue weighted by atomic mass is 10.0. The van der Waals surface area contributed by atoms with Crippen LogP contribution in [0.2, 0.25) is 0 Å². The number of esters is 1. The van der Waals surface area contributed by atoms with E-state index in [9.17, 15) is 18.0 Å². The lowest BCUT2D eigenvalue weighted by Gasteiger charge is -2.16. The molecule has 0 saturated heterocycles. The second-order valence-corrected chi connectivity index (χ2v) is 4.74. The molecule has 0 radical (unpaired) electrons. The molecule has 0 atom stereocenters. The SMILES string of the molecule is CCC(=O)Oc1c(-c2ccc(OC)cc2)cccc1C(F)(F)F. The van der Waals surface area contributed by atoms with Crippen molar-refractivity contribution in [3.8, 4) is 22.6 Å². The molecule has 0 amide bonds. The molecule has 0 aliphatic heterocycles. The van der Waals surface area contributed by atoms with Crippen molar-refractivity contribution < 1.29 is 27.4 Å². The standard InChI is InChI=1S/C17H15F3O3/c1-3-15(21)23-16-13(5-4-6-14(16)17(18,19)20)11-7-9-12(22-2)10-8-11/h4-10H,3H2,1-2H3. The molecular formula is C17H15F3O3. The Labute approximate surface area is 131 Å².